The Bertz CT molecular complexity index is 160. The van der Waals surface area contributed by atoms with Gasteiger partial charge in [0, 0.05) is 0 Å². The van der Waals surface area contributed by atoms with Crippen LogP contribution in [0.3, 0.4) is 0 Å². The van der Waals surface area contributed by atoms with Crippen LogP contribution >= 0.6 is 0 Å². The summed E-state index contributed by atoms with van der Waals surface area (Å²) in [5.41, 5.74) is 0. The summed E-state index contributed by atoms with van der Waals surface area (Å²) >= 11 is 0. The Labute approximate surface area is 67.8 Å². The van der Waals surface area contributed by atoms with Crippen LogP contribution < -0.4 is 0 Å². The molecule has 0 aromatic heterocycles. The maximum Gasteiger partial charge on any atom is 0.0546 e. The van der Waals surface area contributed by atoms with Crippen LogP contribution in [0.25, 0.3) is 0 Å². The molecule has 0 radical (unpaired) electrons. The highest BCUT2D eigenvalue weighted by molar-refractivity contribution is 5.01. The van der Waals surface area contributed by atoms with Crippen LogP contribution in [-0.2, 0) is 0 Å². The smallest absolute Gasteiger partial charge is 0.0546 e. The molecule has 3 aliphatic carbocycles. The first kappa shape index (κ1) is 6.47. The first-order valence-corrected chi connectivity index (χ1v) is 5.02. The average molecular weight is 152 g/mol. The van der Waals surface area contributed by atoms with E-state index in [0.29, 0.717) is 0 Å². The molecule has 0 aromatic carbocycles. The molecule has 0 amide bonds. The SMILES string of the molecule is OC1CC2C3CCC(C3)C2C1. The van der Waals surface area contributed by atoms with E-state index in [1.54, 1.807) is 0 Å². The van der Waals surface area contributed by atoms with Crippen molar-refractivity contribution in [1.29, 1.82) is 0 Å². The Hall–Kier alpha value is -0.0400. The molecule has 0 aromatic rings. The van der Waals surface area contributed by atoms with E-state index in [9.17, 15) is 5.11 Å². The molecule has 1 nitrogen and oxygen atoms in total. The van der Waals surface area contributed by atoms with Crippen LogP contribution in [-0.4, -0.2) is 11.2 Å². The van der Waals surface area contributed by atoms with Gasteiger partial charge < -0.3 is 5.11 Å². The number of fused-ring (bicyclic) bond motifs is 5. The van der Waals surface area contributed by atoms with E-state index in [4.69, 9.17) is 0 Å². The minimum Gasteiger partial charge on any atom is -0.393 e. The third kappa shape index (κ3) is 0.752. The van der Waals surface area contributed by atoms with Crippen LogP contribution in [0, 0.1) is 23.7 Å². The summed E-state index contributed by atoms with van der Waals surface area (Å²) in [4.78, 5) is 0. The van der Waals surface area contributed by atoms with Crippen molar-refractivity contribution in [1.82, 2.24) is 0 Å². The summed E-state index contributed by atoms with van der Waals surface area (Å²) in [6.45, 7) is 0. The van der Waals surface area contributed by atoms with Crippen LogP contribution in [0.5, 0.6) is 0 Å². The van der Waals surface area contributed by atoms with E-state index in [2.05, 4.69) is 0 Å². The van der Waals surface area contributed by atoms with E-state index in [1.807, 2.05) is 0 Å². The first-order chi connectivity index (χ1) is 5.34. The fourth-order valence-electron chi connectivity index (χ4n) is 3.99. The molecule has 4 atom stereocenters. The second-order valence-electron chi connectivity index (χ2n) is 4.79. The monoisotopic (exact) mass is 152 g/mol. The van der Waals surface area contributed by atoms with E-state index < -0.39 is 0 Å². The zero-order chi connectivity index (χ0) is 7.42. The molecule has 3 fully saturated rings. The van der Waals surface area contributed by atoms with E-state index in [1.165, 1.54) is 19.3 Å². The molecule has 0 heterocycles. The van der Waals surface area contributed by atoms with Gasteiger partial charge in [-0.2, -0.15) is 0 Å². The molecular weight excluding hydrogens is 136 g/mol. The van der Waals surface area contributed by atoms with Crippen molar-refractivity contribution in [2.75, 3.05) is 0 Å². The fourth-order valence-corrected chi connectivity index (χ4v) is 3.99. The van der Waals surface area contributed by atoms with Crippen molar-refractivity contribution in [3.05, 3.63) is 0 Å². The highest BCUT2D eigenvalue weighted by atomic mass is 16.3. The molecule has 62 valence electrons. The van der Waals surface area contributed by atoms with Crippen molar-refractivity contribution in [2.24, 2.45) is 23.7 Å². The number of aliphatic hydroxyl groups excluding tert-OH is 1. The third-order valence-corrected chi connectivity index (χ3v) is 4.36. The Kier molecular flexibility index (Phi) is 1.18. The van der Waals surface area contributed by atoms with Gasteiger partial charge in [0.05, 0.1) is 6.10 Å². The third-order valence-electron chi connectivity index (χ3n) is 4.36. The highest BCUT2D eigenvalue weighted by Gasteiger charge is 2.51. The maximum absolute atomic E-state index is 9.50. The lowest BCUT2D eigenvalue weighted by atomic mass is 9.82. The van der Waals surface area contributed by atoms with E-state index in [-0.39, 0.29) is 6.10 Å². The Balaban J connectivity index is 1.87. The normalized spacial score (nSPS) is 60.3. The summed E-state index contributed by atoms with van der Waals surface area (Å²) in [6.07, 6.45) is 6.77. The topological polar surface area (TPSA) is 20.2 Å². The molecule has 3 rings (SSSR count). The average Bonchev–Trinajstić information content (AvgIpc) is 2.53. The number of hydrogen-bond acceptors (Lipinski definition) is 1. The van der Waals surface area contributed by atoms with Gasteiger partial charge in [-0.05, 0) is 55.8 Å². The Morgan fingerprint density at radius 3 is 1.91 bits per heavy atom. The van der Waals surface area contributed by atoms with Gasteiger partial charge in [0.2, 0.25) is 0 Å². The lowest BCUT2D eigenvalue weighted by molar-refractivity contribution is 0.167. The van der Waals surface area contributed by atoms with Crippen LogP contribution in [0.15, 0.2) is 0 Å². The number of rotatable bonds is 0. The Morgan fingerprint density at radius 2 is 1.36 bits per heavy atom. The van der Waals surface area contributed by atoms with Gasteiger partial charge in [0.1, 0.15) is 0 Å². The number of aliphatic hydroxyl groups is 1. The van der Waals surface area contributed by atoms with Crippen LogP contribution in [0.2, 0.25) is 0 Å². The minimum atomic E-state index is 0.0633. The molecule has 3 saturated carbocycles. The second kappa shape index (κ2) is 2.01. The molecule has 3 aliphatic rings. The molecular formula is C10H16O. The maximum atomic E-state index is 9.50. The van der Waals surface area contributed by atoms with Gasteiger partial charge in [0.15, 0.2) is 0 Å². The summed E-state index contributed by atoms with van der Waals surface area (Å²) < 4.78 is 0. The zero-order valence-corrected chi connectivity index (χ0v) is 6.87. The highest BCUT2D eigenvalue weighted by Crippen LogP contribution is 2.58. The molecule has 11 heavy (non-hydrogen) atoms. The summed E-state index contributed by atoms with van der Waals surface area (Å²) in [7, 11) is 0. The van der Waals surface area contributed by atoms with Gasteiger partial charge in [-0.25, -0.2) is 0 Å². The molecule has 1 N–H and O–H groups in total. The fraction of sp³-hybridized carbons (Fsp3) is 1.00. The van der Waals surface area contributed by atoms with Gasteiger partial charge in [-0.1, -0.05) is 0 Å². The molecule has 0 aliphatic heterocycles. The largest absolute Gasteiger partial charge is 0.393 e. The van der Waals surface area contributed by atoms with Gasteiger partial charge in [-0.15, -0.1) is 0 Å². The van der Waals surface area contributed by atoms with E-state index >= 15 is 0 Å². The summed E-state index contributed by atoms with van der Waals surface area (Å²) in [6, 6.07) is 0. The molecule has 1 heteroatoms. The molecule has 4 unspecified atom stereocenters. The van der Waals surface area contributed by atoms with E-state index in [0.717, 1.165) is 36.5 Å². The zero-order valence-electron chi connectivity index (χ0n) is 6.87. The standard InChI is InChI=1S/C10H16O/c11-8-4-9-6-1-2-7(3-6)10(9)5-8/h6-11H,1-5H2. The predicted octanol–water partition coefficient (Wildman–Crippen LogP) is 1.80. The summed E-state index contributed by atoms with van der Waals surface area (Å²) in [5, 5.41) is 9.50. The predicted molar refractivity (Wildman–Crippen MR) is 43.1 cm³/mol. The molecule has 0 saturated heterocycles. The van der Waals surface area contributed by atoms with Crippen LogP contribution in [0.4, 0.5) is 0 Å². The molecule has 0 spiro atoms. The van der Waals surface area contributed by atoms with Crippen molar-refractivity contribution in [3.63, 3.8) is 0 Å². The first-order valence-electron chi connectivity index (χ1n) is 5.02. The second-order valence-corrected chi connectivity index (χ2v) is 4.79. The van der Waals surface area contributed by atoms with Gasteiger partial charge >= 0.3 is 0 Å². The minimum absolute atomic E-state index is 0.0633. The van der Waals surface area contributed by atoms with Crippen LogP contribution in [0.1, 0.15) is 32.1 Å². The molecule has 2 bridgehead atoms. The van der Waals surface area contributed by atoms with Crippen molar-refractivity contribution >= 4 is 0 Å². The van der Waals surface area contributed by atoms with Crippen molar-refractivity contribution < 1.29 is 5.11 Å². The number of hydrogen-bond donors (Lipinski definition) is 1. The quantitative estimate of drug-likeness (QED) is 0.561. The lowest BCUT2D eigenvalue weighted by Crippen LogP contribution is -2.15. The summed E-state index contributed by atoms with van der Waals surface area (Å²) in [5.74, 6) is 3.90. The van der Waals surface area contributed by atoms with Crippen molar-refractivity contribution in [2.45, 2.75) is 38.2 Å². The Morgan fingerprint density at radius 1 is 0.818 bits per heavy atom. The van der Waals surface area contributed by atoms with Gasteiger partial charge in [0.25, 0.3) is 0 Å². The van der Waals surface area contributed by atoms with Gasteiger partial charge in [-0.3, -0.25) is 0 Å². The van der Waals surface area contributed by atoms with Crippen molar-refractivity contribution in [3.8, 4) is 0 Å². The lowest BCUT2D eigenvalue weighted by Gasteiger charge is -2.23.